The summed E-state index contributed by atoms with van der Waals surface area (Å²) in [4.78, 5) is 12.1. The van der Waals surface area contributed by atoms with Gasteiger partial charge in [0.15, 0.2) is 11.9 Å². The summed E-state index contributed by atoms with van der Waals surface area (Å²) >= 11 is 6.06. The molecule has 1 atom stereocenters. The first-order chi connectivity index (χ1) is 9.60. The van der Waals surface area contributed by atoms with E-state index in [0.717, 1.165) is 5.56 Å². The second-order valence-electron chi connectivity index (χ2n) is 4.32. The maximum atomic E-state index is 12.1. The van der Waals surface area contributed by atoms with E-state index in [2.05, 4.69) is 15.0 Å². The minimum Gasteiger partial charge on any atom is -0.479 e. The number of rotatable bonds is 5. The van der Waals surface area contributed by atoms with Gasteiger partial charge in [-0.2, -0.15) is 0 Å². The molecule has 0 aliphatic heterocycles. The molecule has 0 radical (unpaired) electrons. The largest absolute Gasteiger partial charge is 0.479 e. The van der Waals surface area contributed by atoms with Crippen LogP contribution in [0.15, 0.2) is 35.1 Å². The highest BCUT2D eigenvalue weighted by molar-refractivity contribution is 6.32. The minimum absolute atomic E-state index is 0.293. The highest BCUT2D eigenvalue weighted by Gasteiger charge is 2.20. The molecule has 20 heavy (non-hydrogen) atoms. The second kappa shape index (κ2) is 6.43. The first-order valence-electron chi connectivity index (χ1n) is 6.24. The van der Waals surface area contributed by atoms with Crippen molar-refractivity contribution in [3.05, 3.63) is 41.1 Å². The third-order valence-corrected chi connectivity index (χ3v) is 3.02. The average Bonchev–Trinajstić information content (AvgIpc) is 2.92. The van der Waals surface area contributed by atoms with E-state index >= 15 is 0 Å². The molecule has 5 nitrogen and oxygen atoms in total. The van der Waals surface area contributed by atoms with Crippen molar-refractivity contribution in [2.75, 3.05) is 5.32 Å². The summed E-state index contributed by atoms with van der Waals surface area (Å²) in [6, 6.07) is 6.98. The number of benzene rings is 1. The molecule has 0 fully saturated rings. The van der Waals surface area contributed by atoms with Gasteiger partial charge in [-0.3, -0.25) is 4.79 Å². The number of halogens is 1. The van der Waals surface area contributed by atoms with E-state index in [1.165, 1.54) is 6.26 Å². The van der Waals surface area contributed by atoms with Crippen LogP contribution in [0.4, 0.5) is 5.82 Å². The molecule has 1 aromatic carbocycles. The molecule has 1 unspecified atom stereocenters. The van der Waals surface area contributed by atoms with Crippen molar-refractivity contribution in [2.24, 2.45) is 0 Å². The quantitative estimate of drug-likeness (QED) is 0.917. The lowest BCUT2D eigenvalue weighted by molar-refractivity contribution is -0.122. The van der Waals surface area contributed by atoms with Crippen molar-refractivity contribution >= 4 is 23.3 Å². The van der Waals surface area contributed by atoms with Crippen molar-refractivity contribution in [1.29, 1.82) is 0 Å². The summed E-state index contributed by atoms with van der Waals surface area (Å²) in [5.41, 5.74) is 1.01. The van der Waals surface area contributed by atoms with Gasteiger partial charge in [0.2, 0.25) is 0 Å². The Morgan fingerprint density at radius 1 is 1.50 bits per heavy atom. The number of hydrogen-bond donors (Lipinski definition) is 1. The van der Waals surface area contributed by atoms with Crippen LogP contribution in [-0.4, -0.2) is 17.2 Å². The zero-order valence-electron chi connectivity index (χ0n) is 11.2. The van der Waals surface area contributed by atoms with Crippen molar-refractivity contribution in [1.82, 2.24) is 5.16 Å². The van der Waals surface area contributed by atoms with Gasteiger partial charge in [0.25, 0.3) is 5.91 Å². The molecule has 0 saturated heterocycles. The Morgan fingerprint density at radius 3 is 2.95 bits per heavy atom. The van der Waals surface area contributed by atoms with Gasteiger partial charge in [-0.25, -0.2) is 0 Å². The van der Waals surface area contributed by atoms with Crippen molar-refractivity contribution < 1.29 is 14.1 Å². The average molecular weight is 295 g/mol. The van der Waals surface area contributed by atoms with Gasteiger partial charge in [-0.15, -0.1) is 0 Å². The monoisotopic (exact) mass is 294 g/mol. The van der Waals surface area contributed by atoms with Crippen LogP contribution < -0.4 is 10.1 Å². The molecule has 2 aromatic rings. The molecule has 6 heteroatoms. The summed E-state index contributed by atoms with van der Waals surface area (Å²) in [6.07, 6.45) is 1.24. The van der Waals surface area contributed by atoms with Crippen molar-refractivity contribution in [3.8, 4) is 5.75 Å². The van der Waals surface area contributed by atoms with Gasteiger partial charge in [0.05, 0.1) is 5.02 Å². The summed E-state index contributed by atoms with van der Waals surface area (Å²) in [7, 11) is 0. The van der Waals surface area contributed by atoms with Crippen LogP contribution in [0.3, 0.4) is 0 Å². The number of nitrogens with one attached hydrogen (secondary N) is 1. The SMILES string of the molecule is CCC(Oc1cc(C)ccc1Cl)C(=O)Nc1ccon1. The zero-order chi connectivity index (χ0) is 14.5. The molecule has 0 spiro atoms. The van der Waals surface area contributed by atoms with Crippen LogP contribution in [0.1, 0.15) is 18.9 Å². The molecule has 1 N–H and O–H groups in total. The Kier molecular flexibility index (Phi) is 4.63. The van der Waals surface area contributed by atoms with E-state index in [1.807, 2.05) is 19.9 Å². The molecule has 1 heterocycles. The molecule has 1 amide bonds. The second-order valence-corrected chi connectivity index (χ2v) is 4.73. The maximum Gasteiger partial charge on any atom is 0.266 e. The molecule has 106 valence electrons. The smallest absolute Gasteiger partial charge is 0.266 e. The summed E-state index contributed by atoms with van der Waals surface area (Å²) in [5.74, 6) is 0.556. The first-order valence-corrected chi connectivity index (χ1v) is 6.62. The van der Waals surface area contributed by atoms with E-state index < -0.39 is 6.10 Å². The maximum absolute atomic E-state index is 12.1. The number of ether oxygens (including phenoxy) is 1. The van der Waals surface area contributed by atoms with Gasteiger partial charge in [-0.05, 0) is 31.0 Å². The highest BCUT2D eigenvalue weighted by Crippen LogP contribution is 2.27. The number of nitrogens with zero attached hydrogens (tertiary/aromatic N) is 1. The van der Waals surface area contributed by atoms with Gasteiger partial charge in [0, 0.05) is 6.07 Å². The lowest BCUT2D eigenvalue weighted by atomic mass is 10.2. The number of carbonyl (C=O) groups is 1. The summed E-state index contributed by atoms with van der Waals surface area (Å²) in [5, 5.41) is 6.71. The Labute approximate surface area is 121 Å². The summed E-state index contributed by atoms with van der Waals surface area (Å²) < 4.78 is 10.3. The molecule has 0 aliphatic rings. The van der Waals surface area contributed by atoms with Crippen molar-refractivity contribution in [3.63, 3.8) is 0 Å². The van der Waals surface area contributed by atoms with E-state index in [9.17, 15) is 4.79 Å². The van der Waals surface area contributed by atoms with E-state index in [-0.39, 0.29) is 5.91 Å². The van der Waals surface area contributed by atoms with Crippen LogP contribution in [-0.2, 0) is 4.79 Å². The van der Waals surface area contributed by atoms with Crippen LogP contribution in [0.2, 0.25) is 5.02 Å². The Morgan fingerprint density at radius 2 is 2.30 bits per heavy atom. The van der Waals surface area contributed by atoms with Crippen LogP contribution in [0.5, 0.6) is 5.75 Å². The van der Waals surface area contributed by atoms with E-state index in [0.29, 0.717) is 23.0 Å². The fourth-order valence-corrected chi connectivity index (χ4v) is 1.82. The summed E-state index contributed by atoms with van der Waals surface area (Å²) in [6.45, 7) is 3.79. The third kappa shape index (κ3) is 3.51. The Hall–Kier alpha value is -2.01. The standard InChI is InChI=1S/C14H15ClN2O3/c1-3-11(14(18)16-13-6-7-19-17-13)20-12-8-9(2)4-5-10(12)15/h4-8,11H,3H2,1-2H3,(H,16,17,18). The lowest BCUT2D eigenvalue weighted by Crippen LogP contribution is -2.32. The normalized spacial score (nSPS) is 11.9. The van der Waals surface area contributed by atoms with Crippen LogP contribution in [0, 0.1) is 6.92 Å². The number of aromatic nitrogens is 1. The van der Waals surface area contributed by atoms with Gasteiger partial charge < -0.3 is 14.6 Å². The molecule has 0 saturated carbocycles. The number of hydrogen-bond acceptors (Lipinski definition) is 4. The number of anilines is 1. The van der Waals surface area contributed by atoms with Crippen molar-refractivity contribution in [2.45, 2.75) is 26.4 Å². The zero-order valence-corrected chi connectivity index (χ0v) is 12.0. The van der Waals surface area contributed by atoms with Gasteiger partial charge in [-0.1, -0.05) is 29.7 Å². The molecule has 0 aliphatic carbocycles. The Bertz CT molecular complexity index is 584. The third-order valence-electron chi connectivity index (χ3n) is 2.71. The fourth-order valence-electron chi connectivity index (χ4n) is 1.66. The molecule has 1 aromatic heterocycles. The van der Waals surface area contributed by atoms with Crippen LogP contribution >= 0.6 is 11.6 Å². The highest BCUT2D eigenvalue weighted by atomic mass is 35.5. The minimum atomic E-state index is -0.647. The fraction of sp³-hybridized carbons (Fsp3) is 0.286. The topological polar surface area (TPSA) is 64.4 Å². The number of carbonyl (C=O) groups excluding carboxylic acids is 1. The molecule has 2 rings (SSSR count). The lowest BCUT2D eigenvalue weighted by Gasteiger charge is -2.17. The van der Waals surface area contributed by atoms with E-state index in [1.54, 1.807) is 18.2 Å². The molecular weight excluding hydrogens is 280 g/mol. The van der Waals surface area contributed by atoms with Gasteiger partial charge >= 0.3 is 0 Å². The Balaban J connectivity index is 2.08. The molecule has 0 bridgehead atoms. The molecular formula is C14H15ClN2O3. The number of aryl methyl sites for hydroxylation is 1. The first kappa shape index (κ1) is 14.4. The van der Waals surface area contributed by atoms with Gasteiger partial charge in [0.1, 0.15) is 12.0 Å². The predicted octanol–water partition coefficient (Wildman–Crippen LogP) is 3.43. The predicted molar refractivity (Wildman–Crippen MR) is 76.0 cm³/mol. The van der Waals surface area contributed by atoms with E-state index in [4.69, 9.17) is 16.3 Å². The number of amides is 1. The van der Waals surface area contributed by atoms with Crippen LogP contribution in [0.25, 0.3) is 0 Å².